The Morgan fingerprint density at radius 2 is 1.94 bits per heavy atom. The fourth-order valence-electron chi connectivity index (χ4n) is 3.99. The van der Waals surface area contributed by atoms with Crippen LogP contribution in [-0.4, -0.2) is 48.8 Å². The summed E-state index contributed by atoms with van der Waals surface area (Å²) < 4.78 is 12.3. The van der Waals surface area contributed by atoms with Gasteiger partial charge in [-0.2, -0.15) is 0 Å². The van der Waals surface area contributed by atoms with Crippen LogP contribution >= 0.6 is 15.9 Å². The van der Waals surface area contributed by atoms with Gasteiger partial charge in [-0.15, -0.1) is 0 Å². The average molecular weight is 498 g/mol. The first-order valence-corrected chi connectivity index (χ1v) is 11.8. The number of morpholine rings is 1. The number of carbonyl (C=O) groups is 1. The van der Waals surface area contributed by atoms with Gasteiger partial charge < -0.3 is 19.1 Å². The highest BCUT2D eigenvalue weighted by Crippen LogP contribution is 2.33. The standard InChI is InChI=1S/C25H28BrN3O3/c1-3-10-29(24(30)20-8-5-9-21(26)16-20)17-22-23(19-7-4-6-18(2)15-19)27-32-25(22)28-11-13-31-14-12-28/h4-9,15-16H,3,10-14,17H2,1-2H3. The van der Waals surface area contributed by atoms with Crippen molar-refractivity contribution in [2.45, 2.75) is 26.8 Å². The summed E-state index contributed by atoms with van der Waals surface area (Å²) in [6, 6.07) is 15.8. The molecular formula is C25H28BrN3O3. The number of hydrogen-bond acceptors (Lipinski definition) is 5. The van der Waals surface area contributed by atoms with Crippen molar-refractivity contribution in [3.05, 3.63) is 69.7 Å². The summed E-state index contributed by atoms with van der Waals surface area (Å²) in [6.45, 7) is 7.99. The van der Waals surface area contributed by atoms with Crippen LogP contribution in [0.1, 0.15) is 34.8 Å². The van der Waals surface area contributed by atoms with Crippen molar-refractivity contribution in [3.63, 3.8) is 0 Å². The van der Waals surface area contributed by atoms with Gasteiger partial charge in [0.2, 0.25) is 5.88 Å². The molecule has 0 N–H and O–H groups in total. The smallest absolute Gasteiger partial charge is 0.254 e. The molecule has 1 fully saturated rings. The van der Waals surface area contributed by atoms with Crippen LogP contribution in [0.5, 0.6) is 0 Å². The van der Waals surface area contributed by atoms with Gasteiger partial charge in [-0.1, -0.05) is 57.8 Å². The lowest BCUT2D eigenvalue weighted by Crippen LogP contribution is -2.37. The van der Waals surface area contributed by atoms with Gasteiger partial charge in [-0.05, 0) is 37.6 Å². The van der Waals surface area contributed by atoms with E-state index in [9.17, 15) is 4.79 Å². The summed E-state index contributed by atoms with van der Waals surface area (Å²) >= 11 is 3.48. The molecule has 4 rings (SSSR count). The Balaban J connectivity index is 1.73. The topological polar surface area (TPSA) is 58.8 Å². The van der Waals surface area contributed by atoms with E-state index in [1.54, 1.807) is 0 Å². The van der Waals surface area contributed by atoms with Crippen molar-refractivity contribution in [1.29, 1.82) is 0 Å². The average Bonchev–Trinajstić information content (AvgIpc) is 3.22. The first-order valence-electron chi connectivity index (χ1n) is 11.0. The Kier molecular flexibility index (Phi) is 7.27. The molecule has 168 valence electrons. The van der Waals surface area contributed by atoms with Crippen molar-refractivity contribution in [1.82, 2.24) is 10.1 Å². The third-order valence-corrected chi connectivity index (χ3v) is 6.05. The molecular weight excluding hydrogens is 470 g/mol. The van der Waals surface area contributed by atoms with Gasteiger partial charge in [0.1, 0.15) is 5.69 Å². The van der Waals surface area contributed by atoms with Gasteiger partial charge in [0.15, 0.2) is 0 Å². The van der Waals surface area contributed by atoms with Crippen molar-refractivity contribution >= 4 is 27.7 Å². The van der Waals surface area contributed by atoms with Gasteiger partial charge >= 0.3 is 0 Å². The number of anilines is 1. The van der Waals surface area contributed by atoms with E-state index in [1.165, 1.54) is 0 Å². The largest absolute Gasteiger partial charge is 0.378 e. The van der Waals surface area contributed by atoms with Crippen LogP contribution in [0, 0.1) is 6.92 Å². The third-order valence-electron chi connectivity index (χ3n) is 5.56. The molecule has 1 aliphatic rings. The molecule has 2 aromatic carbocycles. The molecule has 1 saturated heterocycles. The Bertz CT molecular complexity index is 1080. The van der Waals surface area contributed by atoms with E-state index >= 15 is 0 Å². The minimum absolute atomic E-state index is 0.00234. The molecule has 0 spiro atoms. The predicted octanol–water partition coefficient (Wildman–Crippen LogP) is 5.30. The summed E-state index contributed by atoms with van der Waals surface area (Å²) in [7, 11) is 0. The molecule has 0 atom stereocenters. The minimum Gasteiger partial charge on any atom is -0.378 e. The number of amides is 1. The second-order valence-electron chi connectivity index (χ2n) is 8.02. The normalized spacial score (nSPS) is 13.9. The molecule has 0 saturated carbocycles. The van der Waals surface area contributed by atoms with Crippen LogP contribution in [0.15, 0.2) is 57.5 Å². The summed E-state index contributed by atoms with van der Waals surface area (Å²) in [5, 5.41) is 4.46. The number of ether oxygens (including phenoxy) is 1. The molecule has 32 heavy (non-hydrogen) atoms. The van der Waals surface area contributed by atoms with E-state index in [0.29, 0.717) is 31.9 Å². The van der Waals surface area contributed by atoms with E-state index in [0.717, 1.165) is 52.3 Å². The zero-order valence-electron chi connectivity index (χ0n) is 18.5. The number of nitrogens with zero attached hydrogens (tertiary/aromatic N) is 3. The Hall–Kier alpha value is -2.64. The van der Waals surface area contributed by atoms with Gasteiger partial charge in [0.05, 0.1) is 25.3 Å². The highest BCUT2D eigenvalue weighted by Gasteiger charge is 2.27. The number of halogens is 1. The molecule has 1 aromatic heterocycles. The molecule has 6 nitrogen and oxygen atoms in total. The third kappa shape index (κ3) is 5.05. The Labute approximate surface area is 197 Å². The number of benzene rings is 2. The van der Waals surface area contributed by atoms with Crippen LogP contribution in [0.3, 0.4) is 0 Å². The number of aromatic nitrogens is 1. The van der Waals surface area contributed by atoms with Crippen LogP contribution in [0.2, 0.25) is 0 Å². The van der Waals surface area contributed by atoms with Crippen molar-refractivity contribution in [3.8, 4) is 11.3 Å². The summed E-state index contributed by atoms with van der Waals surface area (Å²) in [6.07, 6.45) is 0.859. The van der Waals surface area contributed by atoms with Crippen molar-refractivity contribution in [2.75, 3.05) is 37.7 Å². The van der Waals surface area contributed by atoms with E-state index in [2.05, 4.69) is 52.0 Å². The lowest BCUT2D eigenvalue weighted by molar-refractivity contribution is 0.0743. The molecule has 0 radical (unpaired) electrons. The monoisotopic (exact) mass is 497 g/mol. The minimum atomic E-state index is -0.00234. The van der Waals surface area contributed by atoms with Crippen molar-refractivity contribution < 1.29 is 14.1 Å². The maximum Gasteiger partial charge on any atom is 0.254 e. The highest BCUT2D eigenvalue weighted by atomic mass is 79.9. The summed E-state index contributed by atoms with van der Waals surface area (Å²) in [5.41, 5.74) is 4.54. The summed E-state index contributed by atoms with van der Waals surface area (Å²) in [5.74, 6) is 0.727. The lowest BCUT2D eigenvalue weighted by atomic mass is 10.0. The maximum atomic E-state index is 13.4. The van der Waals surface area contributed by atoms with Gasteiger partial charge in [-0.25, -0.2) is 0 Å². The molecule has 0 unspecified atom stereocenters. The van der Waals surface area contributed by atoms with E-state index in [4.69, 9.17) is 9.26 Å². The van der Waals surface area contributed by atoms with Crippen LogP contribution in [-0.2, 0) is 11.3 Å². The zero-order chi connectivity index (χ0) is 22.5. The second kappa shape index (κ2) is 10.3. The van der Waals surface area contributed by atoms with Crippen LogP contribution < -0.4 is 4.90 Å². The van der Waals surface area contributed by atoms with E-state index < -0.39 is 0 Å². The van der Waals surface area contributed by atoms with Crippen LogP contribution in [0.25, 0.3) is 11.3 Å². The van der Waals surface area contributed by atoms with Crippen LogP contribution in [0.4, 0.5) is 5.88 Å². The molecule has 3 aromatic rings. The molecule has 7 heteroatoms. The number of aryl methyl sites for hydroxylation is 1. The second-order valence-corrected chi connectivity index (χ2v) is 8.94. The number of hydrogen-bond donors (Lipinski definition) is 0. The van der Waals surface area contributed by atoms with Crippen molar-refractivity contribution in [2.24, 2.45) is 0 Å². The van der Waals surface area contributed by atoms with E-state index in [-0.39, 0.29) is 5.91 Å². The maximum absolute atomic E-state index is 13.4. The fraction of sp³-hybridized carbons (Fsp3) is 0.360. The van der Waals surface area contributed by atoms with Gasteiger partial charge in [-0.3, -0.25) is 4.79 Å². The molecule has 2 heterocycles. The quantitative estimate of drug-likeness (QED) is 0.443. The van der Waals surface area contributed by atoms with Gasteiger partial charge in [0.25, 0.3) is 5.91 Å². The molecule has 0 bridgehead atoms. The SMILES string of the molecule is CCCN(Cc1c(-c2cccc(C)c2)noc1N1CCOCC1)C(=O)c1cccc(Br)c1. The molecule has 1 amide bonds. The lowest BCUT2D eigenvalue weighted by Gasteiger charge is -2.28. The molecule has 1 aliphatic heterocycles. The fourth-order valence-corrected chi connectivity index (χ4v) is 4.39. The number of carbonyl (C=O) groups excluding carboxylic acids is 1. The zero-order valence-corrected chi connectivity index (χ0v) is 20.1. The molecule has 0 aliphatic carbocycles. The predicted molar refractivity (Wildman–Crippen MR) is 129 cm³/mol. The van der Waals surface area contributed by atoms with Gasteiger partial charge in [0, 0.05) is 35.2 Å². The number of rotatable bonds is 7. The highest BCUT2D eigenvalue weighted by molar-refractivity contribution is 9.10. The first kappa shape index (κ1) is 22.6. The Morgan fingerprint density at radius 1 is 1.16 bits per heavy atom. The van der Waals surface area contributed by atoms with E-state index in [1.807, 2.05) is 41.3 Å². The first-order chi connectivity index (χ1) is 15.6. The Morgan fingerprint density at radius 3 is 2.66 bits per heavy atom. The summed E-state index contributed by atoms with van der Waals surface area (Å²) in [4.78, 5) is 17.5.